The second-order valence-electron chi connectivity index (χ2n) is 4.81. The van der Waals surface area contributed by atoms with Gasteiger partial charge in [-0.25, -0.2) is 13.4 Å². The first kappa shape index (κ1) is 14.3. The van der Waals surface area contributed by atoms with E-state index in [4.69, 9.17) is 17.3 Å². The van der Waals surface area contributed by atoms with Crippen LogP contribution in [0.2, 0.25) is 5.15 Å². The van der Waals surface area contributed by atoms with E-state index in [0.29, 0.717) is 18.5 Å². The summed E-state index contributed by atoms with van der Waals surface area (Å²) in [5, 5.41) is -0.246. The van der Waals surface area contributed by atoms with Crippen LogP contribution in [0.25, 0.3) is 5.65 Å². The summed E-state index contributed by atoms with van der Waals surface area (Å²) in [5.74, 6) is -0.652. The van der Waals surface area contributed by atoms with Gasteiger partial charge in [-0.3, -0.25) is 9.20 Å². The van der Waals surface area contributed by atoms with Crippen LogP contribution in [0.15, 0.2) is 29.4 Å². The third kappa shape index (κ3) is 2.19. The predicted octanol–water partition coefficient (Wildman–Crippen LogP) is 0.626. The molecule has 3 heterocycles. The Bertz CT molecular complexity index is 817. The maximum atomic E-state index is 12.8. The SMILES string of the molecule is NC(=O)C1CCCN1S(=O)(=O)c1c(Cl)nc2ccccn12. The third-order valence-electron chi connectivity index (χ3n) is 3.53. The fourth-order valence-electron chi connectivity index (χ4n) is 2.60. The van der Waals surface area contributed by atoms with Crippen LogP contribution in [0.1, 0.15) is 12.8 Å². The number of nitrogens with two attached hydrogens (primary N) is 1. The van der Waals surface area contributed by atoms with E-state index in [1.165, 1.54) is 4.40 Å². The first-order valence-corrected chi connectivity index (χ1v) is 8.18. The minimum Gasteiger partial charge on any atom is -0.368 e. The molecule has 21 heavy (non-hydrogen) atoms. The number of sulfonamides is 1. The Labute approximate surface area is 126 Å². The Hall–Kier alpha value is -1.64. The zero-order valence-corrected chi connectivity index (χ0v) is 12.5. The predicted molar refractivity (Wildman–Crippen MR) is 76.3 cm³/mol. The molecule has 0 saturated carbocycles. The van der Waals surface area contributed by atoms with Crippen LogP contribution in [0.3, 0.4) is 0 Å². The number of aromatic nitrogens is 2. The van der Waals surface area contributed by atoms with Gasteiger partial charge in [-0.1, -0.05) is 17.7 Å². The molecule has 0 radical (unpaired) electrons. The molecule has 0 spiro atoms. The quantitative estimate of drug-likeness (QED) is 0.893. The number of rotatable bonds is 3. The normalized spacial score (nSPS) is 20.1. The molecule has 2 aromatic rings. The molecule has 1 atom stereocenters. The first-order chi connectivity index (χ1) is 9.93. The standard InChI is InChI=1S/C12H13ClN4O3S/c13-10-12(16-6-2-1-5-9(16)15-10)21(19,20)17-7-3-4-8(17)11(14)18/h1-2,5-6,8H,3-4,7H2,(H2,14,18). The van der Waals surface area contributed by atoms with Crippen LogP contribution in [-0.4, -0.2) is 40.6 Å². The average molecular weight is 329 g/mol. The molecule has 2 aromatic heterocycles. The number of nitrogens with zero attached hydrogens (tertiary/aromatic N) is 3. The molecule has 2 N–H and O–H groups in total. The van der Waals surface area contributed by atoms with Crippen molar-refractivity contribution in [2.75, 3.05) is 6.54 Å². The van der Waals surface area contributed by atoms with E-state index >= 15 is 0 Å². The lowest BCUT2D eigenvalue weighted by Crippen LogP contribution is -2.44. The lowest BCUT2D eigenvalue weighted by molar-refractivity contribution is -0.121. The second-order valence-corrected chi connectivity index (χ2v) is 6.98. The van der Waals surface area contributed by atoms with E-state index in [1.54, 1.807) is 24.4 Å². The minimum atomic E-state index is -3.95. The number of hydrogen-bond donors (Lipinski definition) is 1. The Morgan fingerprint density at radius 2 is 2.19 bits per heavy atom. The zero-order valence-electron chi connectivity index (χ0n) is 10.9. The molecule has 1 unspecified atom stereocenters. The van der Waals surface area contributed by atoms with Crippen molar-refractivity contribution in [3.63, 3.8) is 0 Å². The van der Waals surface area contributed by atoms with E-state index in [1.807, 2.05) is 0 Å². The van der Waals surface area contributed by atoms with Crippen LogP contribution in [-0.2, 0) is 14.8 Å². The van der Waals surface area contributed by atoms with Crippen molar-refractivity contribution in [1.82, 2.24) is 13.7 Å². The highest BCUT2D eigenvalue weighted by Gasteiger charge is 2.41. The highest BCUT2D eigenvalue weighted by molar-refractivity contribution is 7.89. The van der Waals surface area contributed by atoms with Gasteiger partial charge in [0.25, 0.3) is 10.0 Å². The van der Waals surface area contributed by atoms with Crippen molar-refractivity contribution < 1.29 is 13.2 Å². The first-order valence-electron chi connectivity index (χ1n) is 6.36. The molecule has 9 heteroatoms. The van der Waals surface area contributed by atoms with Gasteiger partial charge in [0.05, 0.1) is 0 Å². The summed E-state index contributed by atoms with van der Waals surface area (Å²) in [6.07, 6.45) is 2.57. The molecular weight excluding hydrogens is 316 g/mol. The number of fused-ring (bicyclic) bond motifs is 1. The Balaban J connectivity index is 2.17. The highest BCUT2D eigenvalue weighted by Crippen LogP contribution is 2.30. The topological polar surface area (TPSA) is 97.8 Å². The smallest absolute Gasteiger partial charge is 0.262 e. The molecule has 0 aromatic carbocycles. The van der Waals surface area contributed by atoms with Crippen LogP contribution in [0.5, 0.6) is 0 Å². The Morgan fingerprint density at radius 3 is 2.90 bits per heavy atom. The van der Waals surface area contributed by atoms with E-state index in [2.05, 4.69) is 4.98 Å². The zero-order chi connectivity index (χ0) is 15.2. The number of pyridine rings is 1. The fourth-order valence-corrected chi connectivity index (χ4v) is 4.87. The van der Waals surface area contributed by atoms with Gasteiger partial charge in [-0.2, -0.15) is 4.31 Å². The maximum Gasteiger partial charge on any atom is 0.262 e. The molecule has 1 saturated heterocycles. The number of carbonyl (C=O) groups excluding carboxylic acids is 1. The molecular formula is C12H13ClN4O3S. The van der Waals surface area contributed by atoms with Crippen LogP contribution in [0.4, 0.5) is 0 Å². The molecule has 1 aliphatic rings. The number of primary amides is 1. The molecule has 1 fully saturated rings. The second kappa shape index (κ2) is 4.97. The van der Waals surface area contributed by atoms with Crippen molar-refractivity contribution in [2.45, 2.75) is 23.9 Å². The summed E-state index contributed by atoms with van der Waals surface area (Å²) >= 11 is 6.00. The summed E-state index contributed by atoms with van der Waals surface area (Å²) in [6.45, 7) is 0.242. The van der Waals surface area contributed by atoms with Crippen LogP contribution < -0.4 is 5.73 Å². The third-order valence-corrected chi connectivity index (χ3v) is 5.84. The lowest BCUT2D eigenvalue weighted by Gasteiger charge is -2.21. The lowest BCUT2D eigenvalue weighted by atomic mass is 10.2. The van der Waals surface area contributed by atoms with E-state index in [9.17, 15) is 13.2 Å². The van der Waals surface area contributed by atoms with Gasteiger partial charge in [0.15, 0.2) is 10.2 Å². The van der Waals surface area contributed by atoms with Crippen LogP contribution in [0, 0.1) is 0 Å². The molecule has 1 aliphatic heterocycles. The maximum absolute atomic E-state index is 12.8. The summed E-state index contributed by atoms with van der Waals surface area (Å²) in [6, 6.07) is 4.23. The molecule has 0 aliphatic carbocycles. The largest absolute Gasteiger partial charge is 0.368 e. The summed E-state index contributed by atoms with van der Waals surface area (Å²) < 4.78 is 28.1. The summed E-state index contributed by atoms with van der Waals surface area (Å²) in [4.78, 5) is 15.5. The van der Waals surface area contributed by atoms with Crippen molar-refractivity contribution in [2.24, 2.45) is 5.73 Å². The number of halogens is 1. The molecule has 0 bridgehead atoms. The van der Waals surface area contributed by atoms with Crippen molar-refractivity contribution in [1.29, 1.82) is 0 Å². The van der Waals surface area contributed by atoms with Gasteiger partial charge in [0.1, 0.15) is 11.7 Å². The van der Waals surface area contributed by atoms with Crippen molar-refractivity contribution in [3.8, 4) is 0 Å². The number of imidazole rings is 1. The van der Waals surface area contributed by atoms with Gasteiger partial charge < -0.3 is 5.73 Å². The van der Waals surface area contributed by atoms with Crippen molar-refractivity contribution in [3.05, 3.63) is 29.5 Å². The van der Waals surface area contributed by atoms with E-state index in [0.717, 1.165) is 4.31 Å². The van der Waals surface area contributed by atoms with Gasteiger partial charge in [-0.15, -0.1) is 0 Å². The molecule has 7 nitrogen and oxygen atoms in total. The number of amides is 1. The molecule has 3 rings (SSSR count). The van der Waals surface area contributed by atoms with Crippen LogP contribution >= 0.6 is 11.6 Å². The van der Waals surface area contributed by atoms with Gasteiger partial charge >= 0.3 is 0 Å². The van der Waals surface area contributed by atoms with E-state index in [-0.39, 0.29) is 16.7 Å². The highest BCUT2D eigenvalue weighted by atomic mass is 35.5. The number of carbonyl (C=O) groups is 1. The van der Waals surface area contributed by atoms with Crippen molar-refractivity contribution >= 4 is 33.2 Å². The monoisotopic (exact) mass is 328 g/mol. The molecule has 1 amide bonds. The summed E-state index contributed by atoms with van der Waals surface area (Å²) in [7, 11) is -3.95. The summed E-state index contributed by atoms with van der Waals surface area (Å²) in [5.41, 5.74) is 5.72. The number of hydrogen-bond acceptors (Lipinski definition) is 4. The minimum absolute atomic E-state index is 0.115. The van der Waals surface area contributed by atoms with Gasteiger partial charge in [0.2, 0.25) is 5.91 Å². The fraction of sp³-hybridized carbons (Fsp3) is 0.333. The van der Waals surface area contributed by atoms with Gasteiger partial charge in [0, 0.05) is 12.7 Å². The Morgan fingerprint density at radius 1 is 1.43 bits per heavy atom. The van der Waals surface area contributed by atoms with Gasteiger partial charge in [-0.05, 0) is 25.0 Å². The van der Waals surface area contributed by atoms with E-state index < -0.39 is 22.0 Å². The Kier molecular flexibility index (Phi) is 3.39. The average Bonchev–Trinajstić information content (AvgIpc) is 3.01. The molecule has 112 valence electrons.